The van der Waals surface area contributed by atoms with Crippen LogP contribution in [0.5, 0.6) is 0 Å². The summed E-state index contributed by atoms with van der Waals surface area (Å²) in [6.07, 6.45) is 1.91. The molecule has 1 saturated carbocycles. The van der Waals surface area contributed by atoms with E-state index in [4.69, 9.17) is 9.57 Å². The Morgan fingerprint density at radius 3 is 2.52 bits per heavy atom. The molecule has 1 aromatic carbocycles. The highest BCUT2D eigenvalue weighted by molar-refractivity contribution is 9.10. The predicted molar refractivity (Wildman–Crippen MR) is 103 cm³/mol. The number of amides is 2. The van der Waals surface area contributed by atoms with Crippen molar-refractivity contribution in [2.24, 2.45) is 0 Å². The number of methoxy groups -OCH3 is 1. The van der Waals surface area contributed by atoms with E-state index >= 15 is 0 Å². The Balaban J connectivity index is 1.61. The largest absolute Gasteiger partial charge is 0.456 e. The minimum Gasteiger partial charge on any atom is -0.456 e. The van der Waals surface area contributed by atoms with Crippen LogP contribution in [-0.4, -0.2) is 60.7 Å². The molecular weight excluding hydrogens is 448 g/mol. The molecule has 1 saturated heterocycles. The number of ketones is 1. The van der Waals surface area contributed by atoms with Crippen LogP contribution in [0.4, 0.5) is 4.79 Å². The van der Waals surface area contributed by atoms with Crippen LogP contribution in [0, 0.1) is 0 Å². The molecule has 2 amide bonds. The molecule has 0 unspecified atom stereocenters. The van der Waals surface area contributed by atoms with Crippen molar-refractivity contribution in [1.82, 2.24) is 10.4 Å². The lowest BCUT2D eigenvalue weighted by Gasteiger charge is -2.36. The molecule has 0 bridgehead atoms. The Hall–Kier alpha value is -2.46. The molecule has 2 fully saturated rings. The van der Waals surface area contributed by atoms with Crippen LogP contribution in [0.3, 0.4) is 0 Å². The van der Waals surface area contributed by atoms with Gasteiger partial charge in [-0.25, -0.2) is 14.7 Å². The van der Waals surface area contributed by atoms with Crippen LogP contribution in [0.15, 0.2) is 28.7 Å². The second-order valence-electron chi connectivity index (χ2n) is 6.95. The van der Waals surface area contributed by atoms with Gasteiger partial charge in [0.1, 0.15) is 6.54 Å². The van der Waals surface area contributed by atoms with E-state index in [2.05, 4.69) is 26.0 Å². The molecule has 0 aromatic heterocycles. The summed E-state index contributed by atoms with van der Waals surface area (Å²) < 4.78 is 10.4. The second-order valence-corrected chi connectivity index (χ2v) is 7.87. The molecule has 1 aliphatic carbocycles. The number of nitrogens with one attached hydrogen (secondary N) is 1. The third-order valence-electron chi connectivity index (χ3n) is 5.00. The summed E-state index contributed by atoms with van der Waals surface area (Å²) in [5.41, 5.74) is -0.158. The number of hydroxylamine groups is 2. The third kappa shape index (κ3) is 4.94. The number of hydrogen-bond donors (Lipinski definition) is 1. The maximum absolute atomic E-state index is 12.6. The van der Waals surface area contributed by atoms with E-state index in [1.165, 1.54) is 7.11 Å². The van der Waals surface area contributed by atoms with Gasteiger partial charge in [-0.3, -0.25) is 14.4 Å². The lowest BCUT2D eigenvalue weighted by Crippen LogP contribution is -2.46. The average Bonchev–Trinajstić information content (AvgIpc) is 3.12. The van der Waals surface area contributed by atoms with Gasteiger partial charge in [-0.1, -0.05) is 28.1 Å². The van der Waals surface area contributed by atoms with E-state index in [-0.39, 0.29) is 12.3 Å². The second kappa shape index (κ2) is 8.91. The molecule has 29 heavy (non-hydrogen) atoms. The van der Waals surface area contributed by atoms with Gasteiger partial charge in [0.15, 0.2) is 18.4 Å². The maximum atomic E-state index is 12.6. The predicted octanol–water partition coefficient (Wildman–Crippen LogP) is 1.99. The first kappa shape index (κ1) is 21.3. The molecule has 1 N–H and O–H groups in total. The van der Waals surface area contributed by atoms with Crippen LogP contribution >= 0.6 is 15.9 Å². The Kier molecular flexibility index (Phi) is 6.53. The van der Waals surface area contributed by atoms with E-state index < -0.39 is 36.2 Å². The fourth-order valence-electron chi connectivity index (χ4n) is 3.26. The van der Waals surface area contributed by atoms with Crippen LogP contribution < -0.4 is 5.32 Å². The first-order valence-electron chi connectivity index (χ1n) is 9.12. The van der Waals surface area contributed by atoms with Gasteiger partial charge in [0, 0.05) is 16.5 Å². The van der Waals surface area contributed by atoms with Gasteiger partial charge in [0.05, 0.1) is 12.7 Å². The normalized spacial score (nSPS) is 19.4. The summed E-state index contributed by atoms with van der Waals surface area (Å²) in [7, 11) is 1.18. The first-order valence-corrected chi connectivity index (χ1v) is 9.91. The van der Waals surface area contributed by atoms with Gasteiger partial charge in [0.2, 0.25) is 0 Å². The van der Waals surface area contributed by atoms with E-state index in [0.29, 0.717) is 12.0 Å². The van der Waals surface area contributed by atoms with Crippen LogP contribution in [0.1, 0.15) is 36.0 Å². The summed E-state index contributed by atoms with van der Waals surface area (Å²) in [6, 6.07) is 5.71. The molecule has 3 rings (SSSR count). The zero-order chi connectivity index (χ0) is 21.0. The number of benzene rings is 1. The fraction of sp³-hybridized carbons (Fsp3) is 0.474. The highest BCUT2D eigenvalue weighted by Crippen LogP contribution is 2.46. The van der Waals surface area contributed by atoms with Crippen molar-refractivity contribution in [2.75, 3.05) is 20.3 Å². The zero-order valence-electron chi connectivity index (χ0n) is 15.8. The number of rotatable bonds is 6. The maximum Gasteiger partial charge on any atom is 0.407 e. The van der Waals surface area contributed by atoms with Crippen LogP contribution in [-0.2, 0) is 23.9 Å². The smallest absolute Gasteiger partial charge is 0.407 e. The van der Waals surface area contributed by atoms with Crippen molar-refractivity contribution in [3.63, 3.8) is 0 Å². The molecule has 10 heteroatoms. The molecule has 1 heterocycles. The lowest BCUT2D eigenvalue weighted by molar-refractivity contribution is -0.227. The molecular formula is C19H21BrN2O7. The molecule has 9 nitrogen and oxygen atoms in total. The van der Waals surface area contributed by atoms with E-state index in [1.54, 1.807) is 24.3 Å². The fourth-order valence-corrected chi connectivity index (χ4v) is 3.53. The van der Waals surface area contributed by atoms with Gasteiger partial charge in [-0.2, -0.15) is 0 Å². The SMILES string of the molecule is COC(=O)NCC(=O)N1OC2(CCC2)C[C@H]1C(=O)OCC(=O)c1ccc(Br)cc1. The summed E-state index contributed by atoms with van der Waals surface area (Å²) in [4.78, 5) is 54.2. The quantitative estimate of drug-likeness (QED) is 0.501. The number of carbonyl (C=O) groups excluding carboxylic acids is 4. The summed E-state index contributed by atoms with van der Waals surface area (Å²) in [6.45, 7) is -0.823. The van der Waals surface area contributed by atoms with Crippen molar-refractivity contribution in [3.05, 3.63) is 34.3 Å². The summed E-state index contributed by atoms with van der Waals surface area (Å²) >= 11 is 3.29. The van der Waals surface area contributed by atoms with Gasteiger partial charge in [-0.15, -0.1) is 0 Å². The number of nitrogens with zero attached hydrogens (tertiary/aromatic N) is 1. The van der Waals surface area contributed by atoms with Crippen molar-refractivity contribution in [3.8, 4) is 0 Å². The first-order chi connectivity index (χ1) is 13.8. The number of alkyl carbamates (subject to hydrolysis) is 1. The van der Waals surface area contributed by atoms with Gasteiger partial charge >= 0.3 is 12.1 Å². The van der Waals surface area contributed by atoms with Gasteiger partial charge in [0.25, 0.3) is 5.91 Å². The highest BCUT2D eigenvalue weighted by atomic mass is 79.9. The Morgan fingerprint density at radius 1 is 1.24 bits per heavy atom. The van der Waals surface area contributed by atoms with E-state index in [9.17, 15) is 19.2 Å². The molecule has 0 radical (unpaired) electrons. The number of hydrogen-bond acceptors (Lipinski definition) is 7. The van der Waals surface area contributed by atoms with Gasteiger partial charge < -0.3 is 14.8 Å². The third-order valence-corrected chi connectivity index (χ3v) is 5.53. The Morgan fingerprint density at radius 2 is 1.93 bits per heavy atom. The summed E-state index contributed by atoms with van der Waals surface area (Å²) in [5.74, 6) is -1.67. The number of Topliss-reactive ketones (excluding diaryl/α,β-unsaturated/α-hetero) is 1. The van der Waals surface area contributed by atoms with E-state index in [1.807, 2.05) is 0 Å². The topological polar surface area (TPSA) is 111 Å². The zero-order valence-corrected chi connectivity index (χ0v) is 17.4. The molecule has 1 aromatic rings. The number of esters is 1. The Labute approximate surface area is 175 Å². The molecule has 1 atom stereocenters. The van der Waals surface area contributed by atoms with Crippen molar-refractivity contribution < 1.29 is 33.5 Å². The van der Waals surface area contributed by atoms with Crippen LogP contribution in [0.25, 0.3) is 0 Å². The minimum atomic E-state index is -0.972. The van der Waals surface area contributed by atoms with Crippen molar-refractivity contribution in [1.29, 1.82) is 0 Å². The van der Waals surface area contributed by atoms with Crippen molar-refractivity contribution >= 4 is 39.7 Å². The van der Waals surface area contributed by atoms with Crippen LogP contribution in [0.2, 0.25) is 0 Å². The Bertz CT molecular complexity index is 807. The number of halogens is 1. The lowest BCUT2D eigenvalue weighted by atomic mass is 9.77. The molecule has 2 aliphatic rings. The standard InChI is InChI=1S/C19H21BrN2O7/c1-27-18(26)21-10-16(24)22-14(9-19(29-22)7-2-8-19)17(25)28-11-15(23)12-3-5-13(20)6-4-12/h3-6,14H,2,7-11H2,1H3,(H,21,26)/t14-/m0/s1. The average molecular weight is 469 g/mol. The van der Waals surface area contributed by atoms with Gasteiger partial charge in [-0.05, 0) is 31.4 Å². The minimum absolute atomic E-state index is 0.294. The number of ether oxygens (including phenoxy) is 2. The number of carbonyl (C=O) groups is 4. The van der Waals surface area contributed by atoms with Crippen molar-refractivity contribution in [2.45, 2.75) is 37.3 Å². The highest BCUT2D eigenvalue weighted by Gasteiger charge is 2.54. The molecule has 156 valence electrons. The molecule has 1 spiro atoms. The van der Waals surface area contributed by atoms with E-state index in [0.717, 1.165) is 28.8 Å². The molecule has 1 aliphatic heterocycles. The summed E-state index contributed by atoms with van der Waals surface area (Å²) in [5, 5.41) is 3.23. The monoisotopic (exact) mass is 468 g/mol.